The highest BCUT2D eigenvalue weighted by Gasteiger charge is 2.22. The number of rotatable bonds is 5. The molecule has 4 heterocycles. The van der Waals surface area contributed by atoms with E-state index in [0.717, 1.165) is 85.8 Å². The van der Waals surface area contributed by atoms with Gasteiger partial charge < -0.3 is 18.6 Å². The Labute approximate surface area is 175 Å². The number of aromatic nitrogens is 4. The minimum atomic E-state index is 0.895. The minimum absolute atomic E-state index is 0.895. The van der Waals surface area contributed by atoms with Gasteiger partial charge in [-0.05, 0) is 48.9 Å². The molecule has 154 valence electrons. The molecule has 0 fully saturated rings. The molecule has 30 heavy (non-hydrogen) atoms. The molecule has 4 aromatic rings. The van der Waals surface area contributed by atoms with Crippen molar-refractivity contribution in [2.24, 2.45) is 0 Å². The number of hydrogen-bond donors (Lipinski definition) is 0. The fraction of sp³-hybridized carbons (Fsp3) is 0.417. The van der Waals surface area contributed by atoms with Gasteiger partial charge in [0, 0.05) is 38.1 Å². The van der Waals surface area contributed by atoms with Gasteiger partial charge in [-0.2, -0.15) is 0 Å². The molecule has 6 heteroatoms. The zero-order valence-corrected chi connectivity index (χ0v) is 17.6. The van der Waals surface area contributed by atoms with Crippen LogP contribution >= 0.6 is 0 Å². The van der Waals surface area contributed by atoms with E-state index in [2.05, 4.69) is 33.4 Å². The fourth-order valence-electron chi connectivity index (χ4n) is 5.31. The zero-order valence-electron chi connectivity index (χ0n) is 17.6. The van der Waals surface area contributed by atoms with Gasteiger partial charge in [0.1, 0.15) is 23.1 Å². The number of hydrogen-bond acceptors (Lipinski definition) is 4. The lowest BCUT2D eigenvalue weighted by Crippen LogP contribution is -2.14. The van der Waals surface area contributed by atoms with Crippen LogP contribution in [0.15, 0.2) is 24.3 Å². The van der Waals surface area contributed by atoms with Gasteiger partial charge in [0.05, 0.1) is 36.3 Å². The van der Waals surface area contributed by atoms with Crippen LogP contribution in [0, 0.1) is 0 Å². The second-order valence-corrected chi connectivity index (χ2v) is 8.37. The van der Waals surface area contributed by atoms with E-state index >= 15 is 0 Å². The van der Waals surface area contributed by atoms with Crippen molar-refractivity contribution in [1.29, 1.82) is 0 Å². The maximum atomic E-state index is 5.49. The van der Waals surface area contributed by atoms with E-state index in [1.807, 2.05) is 0 Å². The van der Waals surface area contributed by atoms with Gasteiger partial charge in [0.15, 0.2) is 0 Å². The van der Waals surface area contributed by atoms with Gasteiger partial charge in [0.2, 0.25) is 0 Å². The normalized spacial score (nSPS) is 15.1. The van der Waals surface area contributed by atoms with Crippen LogP contribution in [-0.2, 0) is 38.8 Å². The van der Waals surface area contributed by atoms with Crippen molar-refractivity contribution in [3.05, 3.63) is 47.0 Å². The maximum Gasteiger partial charge on any atom is 0.121 e. The first-order valence-corrected chi connectivity index (χ1v) is 10.9. The van der Waals surface area contributed by atoms with Crippen molar-refractivity contribution >= 4 is 22.1 Å². The zero-order chi connectivity index (χ0) is 20.2. The maximum absolute atomic E-state index is 5.49. The predicted molar refractivity (Wildman–Crippen MR) is 117 cm³/mol. The summed E-state index contributed by atoms with van der Waals surface area (Å²) in [6, 6.07) is 8.47. The Kier molecular flexibility index (Phi) is 4.01. The van der Waals surface area contributed by atoms with Crippen LogP contribution in [0.25, 0.3) is 22.1 Å². The summed E-state index contributed by atoms with van der Waals surface area (Å²) in [5, 5.41) is 0. The third-order valence-electron chi connectivity index (χ3n) is 6.65. The summed E-state index contributed by atoms with van der Waals surface area (Å²) in [5.74, 6) is 4.13. The first-order chi connectivity index (χ1) is 14.7. The summed E-state index contributed by atoms with van der Waals surface area (Å²) in [7, 11) is 3.46. The average molecular weight is 402 g/mol. The molecule has 0 amide bonds. The van der Waals surface area contributed by atoms with Gasteiger partial charge in [-0.3, -0.25) is 0 Å². The molecule has 0 saturated heterocycles. The summed E-state index contributed by atoms with van der Waals surface area (Å²) >= 11 is 0. The third-order valence-corrected chi connectivity index (χ3v) is 6.65. The number of aryl methyl sites for hydroxylation is 6. The standard InChI is InChI=1S/C24H26N4O2/c1-29-17-11-15-5-3-9-27-21(25-19(13-17)23(15)27)7-8-22-26-20-14-18(30-2)12-16-6-4-10-28(22)24(16)20/h11-14H,3-10H2,1-2H3. The highest BCUT2D eigenvalue weighted by Crippen LogP contribution is 2.33. The molecule has 0 saturated carbocycles. The summed E-state index contributed by atoms with van der Waals surface area (Å²) < 4.78 is 15.8. The second-order valence-electron chi connectivity index (χ2n) is 8.37. The third kappa shape index (κ3) is 2.62. The molecule has 0 aliphatic carbocycles. The summed E-state index contributed by atoms with van der Waals surface area (Å²) in [6.45, 7) is 2.09. The van der Waals surface area contributed by atoms with Crippen molar-refractivity contribution in [1.82, 2.24) is 19.1 Å². The molecule has 0 bridgehead atoms. The van der Waals surface area contributed by atoms with Crippen molar-refractivity contribution in [2.75, 3.05) is 14.2 Å². The molecule has 2 aliphatic rings. The Hall–Kier alpha value is -3.02. The van der Waals surface area contributed by atoms with Gasteiger partial charge in [0.25, 0.3) is 0 Å². The van der Waals surface area contributed by atoms with Gasteiger partial charge in [-0.15, -0.1) is 0 Å². The molecule has 0 atom stereocenters. The lowest BCUT2D eigenvalue weighted by molar-refractivity contribution is 0.414. The average Bonchev–Trinajstić information content (AvgIpc) is 3.32. The number of methoxy groups -OCH3 is 2. The molecule has 2 aromatic carbocycles. The second kappa shape index (κ2) is 6.76. The number of ether oxygens (including phenoxy) is 2. The van der Waals surface area contributed by atoms with E-state index in [9.17, 15) is 0 Å². The van der Waals surface area contributed by atoms with Crippen LogP contribution < -0.4 is 9.47 Å². The molecule has 0 radical (unpaired) electrons. The first-order valence-electron chi connectivity index (χ1n) is 10.9. The Bertz CT molecular complexity index is 1180. The Balaban J connectivity index is 1.38. The Morgan fingerprint density at radius 2 is 1.20 bits per heavy atom. The molecule has 0 unspecified atom stereocenters. The van der Waals surface area contributed by atoms with E-state index in [1.165, 1.54) is 22.2 Å². The lowest BCUT2D eigenvalue weighted by Gasteiger charge is -2.18. The summed E-state index contributed by atoms with van der Waals surface area (Å²) in [6.07, 6.45) is 6.29. The quantitative estimate of drug-likeness (QED) is 0.505. The van der Waals surface area contributed by atoms with Crippen molar-refractivity contribution in [3.63, 3.8) is 0 Å². The van der Waals surface area contributed by atoms with E-state index < -0.39 is 0 Å². The van der Waals surface area contributed by atoms with Crippen molar-refractivity contribution < 1.29 is 9.47 Å². The molecule has 0 spiro atoms. The molecule has 2 aromatic heterocycles. The topological polar surface area (TPSA) is 54.1 Å². The minimum Gasteiger partial charge on any atom is -0.497 e. The molecule has 2 aliphatic heterocycles. The molecular weight excluding hydrogens is 376 g/mol. The molecule has 6 rings (SSSR count). The smallest absolute Gasteiger partial charge is 0.121 e. The van der Waals surface area contributed by atoms with Crippen molar-refractivity contribution in [3.8, 4) is 11.5 Å². The Morgan fingerprint density at radius 1 is 0.733 bits per heavy atom. The van der Waals surface area contributed by atoms with Crippen LogP contribution in [0.1, 0.15) is 35.6 Å². The van der Waals surface area contributed by atoms with E-state index in [0.29, 0.717) is 0 Å². The monoisotopic (exact) mass is 402 g/mol. The largest absolute Gasteiger partial charge is 0.497 e. The highest BCUT2D eigenvalue weighted by molar-refractivity contribution is 5.83. The van der Waals surface area contributed by atoms with E-state index in [4.69, 9.17) is 19.4 Å². The molecular formula is C24H26N4O2. The Morgan fingerprint density at radius 3 is 1.63 bits per heavy atom. The fourth-order valence-corrected chi connectivity index (χ4v) is 5.31. The summed E-state index contributed by atoms with van der Waals surface area (Å²) in [4.78, 5) is 10.0. The number of nitrogens with zero attached hydrogens (tertiary/aromatic N) is 4. The number of benzene rings is 2. The van der Waals surface area contributed by atoms with Gasteiger partial charge >= 0.3 is 0 Å². The van der Waals surface area contributed by atoms with Crippen molar-refractivity contribution in [2.45, 2.75) is 51.6 Å². The molecule has 0 N–H and O–H groups in total. The van der Waals surface area contributed by atoms with Crippen LogP contribution in [0.4, 0.5) is 0 Å². The van der Waals surface area contributed by atoms with Gasteiger partial charge in [-0.1, -0.05) is 0 Å². The number of imidazole rings is 2. The highest BCUT2D eigenvalue weighted by atomic mass is 16.5. The van der Waals surface area contributed by atoms with Crippen LogP contribution in [-0.4, -0.2) is 33.3 Å². The SMILES string of the molecule is COc1cc2c3c(c1)nc(CCc1nc4cc(OC)cc5c4n1CCC5)n3CCC2. The van der Waals surface area contributed by atoms with E-state index in [-0.39, 0.29) is 0 Å². The lowest BCUT2D eigenvalue weighted by atomic mass is 10.0. The van der Waals surface area contributed by atoms with Crippen LogP contribution in [0.5, 0.6) is 11.5 Å². The summed E-state index contributed by atoms with van der Waals surface area (Å²) in [5.41, 5.74) is 7.40. The first kappa shape index (κ1) is 17.8. The van der Waals surface area contributed by atoms with Gasteiger partial charge in [-0.25, -0.2) is 9.97 Å². The van der Waals surface area contributed by atoms with Crippen LogP contribution in [0.3, 0.4) is 0 Å². The van der Waals surface area contributed by atoms with Crippen LogP contribution in [0.2, 0.25) is 0 Å². The molecule has 6 nitrogen and oxygen atoms in total. The predicted octanol–water partition coefficient (Wildman–Crippen LogP) is 4.08. The van der Waals surface area contributed by atoms with E-state index in [1.54, 1.807) is 14.2 Å².